The average molecular weight is 550 g/mol. The molecule has 6 rings (SSSR count). The predicted octanol–water partition coefficient (Wildman–Crippen LogP) is 8.47. The van der Waals surface area contributed by atoms with Gasteiger partial charge in [-0.1, -0.05) is 88.6 Å². The van der Waals surface area contributed by atoms with Gasteiger partial charge >= 0.3 is 0 Å². The molecule has 0 spiro atoms. The Morgan fingerprint density at radius 2 is 1.64 bits per heavy atom. The second kappa shape index (κ2) is 9.34. The predicted molar refractivity (Wildman–Crippen MR) is 151 cm³/mol. The summed E-state index contributed by atoms with van der Waals surface area (Å²) in [7, 11) is 0. The first-order valence-electron chi connectivity index (χ1n) is 11.6. The number of rotatable bonds is 6. The lowest BCUT2D eigenvalue weighted by molar-refractivity contribution is 0.806. The van der Waals surface area contributed by atoms with Crippen LogP contribution in [0.3, 0.4) is 0 Å². The second-order valence-electron chi connectivity index (χ2n) is 8.96. The Labute approximate surface area is 228 Å². The summed E-state index contributed by atoms with van der Waals surface area (Å²) in [4.78, 5) is 1.05. The molecule has 1 saturated carbocycles. The SMILES string of the molecule is CSc1c(-c2nnc(C3(c4ccc(Cl)cc4)CC3)s2)nn(-c2ccccc2Cl)c1-c1ccc(C)cc1. The van der Waals surface area contributed by atoms with Gasteiger partial charge in [0.05, 0.1) is 21.3 Å². The third kappa shape index (κ3) is 4.06. The van der Waals surface area contributed by atoms with Gasteiger partial charge < -0.3 is 0 Å². The fourth-order valence-corrected chi connectivity index (χ4v) is 6.77. The molecule has 2 aromatic heterocycles. The van der Waals surface area contributed by atoms with E-state index in [1.54, 1.807) is 23.1 Å². The highest BCUT2D eigenvalue weighted by atomic mass is 35.5. The van der Waals surface area contributed by atoms with E-state index >= 15 is 0 Å². The van der Waals surface area contributed by atoms with Gasteiger partial charge in [0.1, 0.15) is 10.7 Å². The molecule has 180 valence electrons. The summed E-state index contributed by atoms with van der Waals surface area (Å²) in [6, 6.07) is 24.4. The van der Waals surface area contributed by atoms with Gasteiger partial charge in [0.2, 0.25) is 0 Å². The Balaban J connectivity index is 1.50. The maximum absolute atomic E-state index is 6.64. The van der Waals surface area contributed by atoms with Crippen molar-refractivity contribution >= 4 is 46.3 Å². The maximum atomic E-state index is 6.64. The quantitative estimate of drug-likeness (QED) is 0.199. The van der Waals surface area contributed by atoms with Crippen molar-refractivity contribution < 1.29 is 0 Å². The van der Waals surface area contributed by atoms with E-state index in [2.05, 4.69) is 59.8 Å². The number of aromatic nitrogens is 4. The molecule has 3 aromatic carbocycles. The van der Waals surface area contributed by atoms with Crippen molar-refractivity contribution in [2.24, 2.45) is 0 Å². The first kappa shape index (κ1) is 23.7. The molecule has 0 bridgehead atoms. The molecule has 2 heterocycles. The zero-order chi connectivity index (χ0) is 24.9. The Bertz CT molecular complexity index is 1550. The van der Waals surface area contributed by atoms with Gasteiger partial charge in [-0.3, -0.25) is 0 Å². The van der Waals surface area contributed by atoms with E-state index in [0.29, 0.717) is 5.02 Å². The van der Waals surface area contributed by atoms with Crippen molar-refractivity contribution in [3.63, 3.8) is 0 Å². The minimum absolute atomic E-state index is 0.0783. The number of hydrogen-bond acceptors (Lipinski definition) is 5. The molecule has 1 aliphatic carbocycles. The molecular weight excluding hydrogens is 527 g/mol. The highest BCUT2D eigenvalue weighted by Crippen LogP contribution is 2.55. The first-order valence-corrected chi connectivity index (χ1v) is 14.4. The lowest BCUT2D eigenvalue weighted by Crippen LogP contribution is -2.07. The van der Waals surface area contributed by atoms with Crippen LogP contribution in [0.25, 0.3) is 27.6 Å². The van der Waals surface area contributed by atoms with Gasteiger partial charge in [0.15, 0.2) is 5.01 Å². The molecule has 0 amide bonds. The van der Waals surface area contributed by atoms with Gasteiger partial charge in [-0.15, -0.1) is 22.0 Å². The van der Waals surface area contributed by atoms with E-state index in [1.807, 2.05) is 41.1 Å². The smallest absolute Gasteiger partial charge is 0.169 e. The Morgan fingerprint density at radius 1 is 0.917 bits per heavy atom. The van der Waals surface area contributed by atoms with Crippen LogP contribution in [0.1, 0.15) is 29.0 Å². The fourth-order valence-electron chi connectivity index (χ4n) is 4.53. The van der Waals surface area contributed by atoms with Gasteiger partial charge in [0, 0.05) is 16.0 Å². The van der Waals surface area contributed by atoms with Crippen molar-refractivity contribution in [1.82, 2.24) is 20.0 Å². The number of benzene rings is 3. The summed E-state index contributed by atoms with van der Waals surface area (Å²) in [6.07, 6.45) is 4.19. The highest BCUT2D eigenvalue weighted by Gasteiger charge is 2.49. The van der Waals surface area contributed by atoms with Crippen LogP contribution in [0, 0.1) is 6.92 Å². The Morgan fingerprint density at radius 3 is 2.31 bits per heavy atom. The van der Waals surface area contributed by atoms with Crippen molar-refractivity contribution in [3.8, 4) is 27.6 Å². The molecule has 1 fully saturated rings. The number of aryl methyl sites for hydroxylation is 1. The zero-order valence-electron chi connectivity index (χ0n) is 19.7. The van der Waals surface area contributed by atoms with Crippen LogP contribution in [0.5, 0.6) is 0 Å². The third-order valence-electron chi connectivity index (χ3n) is 6.64. The molecule has 5 aromatic rings. The number of halogens is 2. The van der Waals surface area contributed by atoms with Crippen LogP contribution >= 0.6 is 46.3 Å². The van der Waals surface area contributed by atoms with Crippen molar-refractivity contribution in [2.45, 2.75) is 30.1 Å². The minimum Gasteiger partial charge on any atom is -0.230 e. The topological polar surface area (TPSA) is 43.6 Å². The summed E-state index contributed by atoms with van der Waals surface area (Å²) >= 11 is 16.1. The summed E-state index contributed by atoms with van der Waals surface area (Å²) in [6.45, 7) is 2.09. The van der Waals surface area contributed by atoms with E-state index in [4.69, 9.17) is 28.3 Å². The number of para-hydroxylation sites is 1. The van der Waals surface area contributed by atoms with Crippen LogP contribution in [0.2, 0.25) is 10.0 Å². The van der Waals surface area contributed by atoms with E-state index < -0.39 is 0 Å². The van der Waals surface area contributed by atoms with E-state index in [9.17, 15) is 0 Å². The summed E-state index contributed by atoms with van der Waals surface area (Å²) < 4.78 is 1.95. The van der Waals surface area contributed by atoms with Crippen LogP contribution in [-0.4, -0.2) is 26.2 Å². The van der Waals surface area contributed by atoms with Crippen molar-refractivity contribution in [3.05, 3.63) is 99.0 Å². The van der Waals surface area contributed by atoms with Gasteiger partial charge in [0.25, 0.3) is 0 Å². The summed E-state index contributed by atoms with van der Waals surface area (Å²) in [5.74, 6) is 0. The molecule has 0 radical (unpaired) electrons. The number of hydrogen-bond donors (Lipinski definition) is 0. The molecule has 1 aliphatic rings. The Kier molecular flexibility index (Phi) is 6.16. The summed E-state index contributed by atoms with van der Waals surface area (Å²) in [5.41, 5.74) is 6.11. The molecule has 4 nitrogen and oxygen atoms in total. The first-order chi connectivity index (χ1) is 17.5. The minimum atomic E-state index is -0.0783. The standard InChI is InChI=1S/C28H22Cl2N4S2/c1-17-7-9-18(10-8-17)24-25(35-2)23(33-34(24)22-6-4-3-5-21(22)30)26-31-32-27(36-26)28(15-16-28)19-11-13-20(29)14-12-19/h3-14H,15-16H2,1-2H3. The number of nitrogens with zero attached hydrogens (tertiary/aromatic N) is 4. The molecular formula is C28H22Cl2N4S2. The van der Waals surface area contributed by atoms with Crippen LogP contribution < -0.4 is 0 Å². The molecule has 0 unspecified atom stereocenters. The molecule has 0 atom stereocenters. The molecule has 0 aliphatic heterocycles. The van der Waals surface area contributed by atoms with Crippen LogP contribution in [0.4, 0.5) is 0 Å². The third-order valence-corrected chi connectivity index (χ3v) is 9.14. The molecule has 8 heteroatoms. The number of thioether (sulfide) groups is 1. The lowest BCUT2D eigenvalue weighted by atomic mass is 9.97. The normalized spacial score (nSPS) is 14.2. The van der Waals surface area contributed by atoms with E-state index in [-0.39, 0.29) is 5.41 Å². The lowest BCUT2D eigenvalue weighted by Gasteiger charge is -2.11. The van der Waals surface area contributed by atoms with Gasteiger partial charge in [-0.25, -0.2) is 4.68 Å². The van der Waals surface area contributed by atoms with E-state index in [1.165, 1.54) is 11.1 Å². The van der Waals surface area contributed by atoms with Crippen LogP contribution in [0.15, 0.2) is 77.7 Å². The van der Waals surface area contributed by atoms with E-state index in [0.717, 1.165) is 55.4 Å². The fraction of sp³-hybridized carbons (Fsp3) is 0.179. The molecule has 0 N–H and O–H groups in total. The largest absolute Gasteiger partial charge is 0.230 e. The molecule has 36 heavy (non-hydrogen) atoms. The van der Waals surface area contributed by atoms with Crippen LogP contribution in [-0.2, 0) is 5.41 Å². The Hall–Kier alpha value is -2.64. The zero-order valence-corrected chi connectivity index (χ0v) is 22.8. The highest BCUT2D eigenvalue weighted by molar-refractivity contribution is 7.98. The van der Waals surface area contributed by atoms with Crippen molar-refractivity contribution in [2.75, 3.05) is 6.26 Å². The second-order valence-corrected chi connectivity index (χ2v) is 11.6. The van der Waals surface area contributed by atoms with Gasteiger partial charge in [-0.2, -0.15) is 5.10 Å². The van der Waals surface area contributed by atoms with Crippen molar-refractivity contribution in [1.29, 1.82) is 0 Å². The van der Waals surface area contributed by atoms with Gasteiger partial charge in [-0.05, 0) is 55.9 Å². The molecule has 0 saturated heterocycles. The monoisotopic (exact) mass is 548 g/mol. The average Bonchev–Trinajstić information content (AvgIpc) is 3.38. The summed E-state index contributed by atoms with van der Waals surface area (Å²) in [5, 5.41) is 17.6. The maximum Gasteiger partial charge on any atom is 0.169 e.